The molecule has 0 unspecified atom stereocenters. The Morgan fingerprint density at radius 3 is 2.50 bits per heavy atom. The van der Waals surface area contributed by atoms with Gasteiger partial charge in [0.15, 0.2) is 0 Å². The minimum Gasteiger partial charge on any atom is -0.480 e. The van der Waals surface area contributed by atoms with Crippen molar-refractivity contribution >= 4 is 5.97 Å². The Hall–Kier alpha value is -2.57. The molecule has 2 aromatic rings. The molecule has 3 fully saturated rings. The highest BCUT2D eigenvalue weighted by Crippen LogP contribution is 2.38. The van der Waals surface area contributed by atoms with Gasteiger partial charge in [-0.05, 0) is 86.6 Å². The molecule has 6 nitrogen and oxygen atoms in total. The SMILES string of the molecule is O=C(O)[C@@H](C1CCCCC1)N1C[C@H](CN2CCC(CCCc3cccc4c3=NCN=4)CC2)[C@@H](c2ccccc2)C1. The maximum atomic E-state index is 12.5. The van der Waals surface area contributed by atoms with Gasteiger partial charge >= 0.3 is 5.97 Å². The number of para-hydroxylation sites is 1. The van der Waals surface area contributed by atoms with Crippen LogP contribution >= 0.6 is 0 Å². The smallest absolute Gasteiger partial charge is 0.321 e. The van der Waals surface area contributed by atoms with Crippen LogP contribution in [0.4, 0.5) is 0 Å². The predicted octanol–water partition coefficient (Wildman–Crippen LogP) is 4.68. The monoisotopic (exact) mass is 542 g/mol. The molecule has 3 atom stereocenters. The van der Waals surface area contributed by atoms with Crippen LogP contribution in [-0.2, 0) is 11.2 Å². The van der Waals surface area contributed by atoms with Crippen LogP contribution in [0.3, 0.4) is 0 Å². The quantitative estimate of drug-likeness (QED) is 0.473. The molecule has 1 saturated carbocycles. The largest absolute Gasteiger partial charge is 0.480 e. The summed E-state index contributed by atoms with van der Waals surface area (Å²) in [4.78, 5) is 26.6. The van der Waals surface area contributed by atoms with E-state index in [0.717, 1.165) is 55.5 Å². The lowest BCUT2D eigenvalue weighted by Crippen LogP contribution is -2.46. The molecule has 3 aliphatic heterocycles. The molecule has 1 aliphatic carbocycles. The minimum absolute atomic E-state index is 0.303. The number of fused-ring (bicyclic) bond motifs is 1. The molecular formula is C34H46N4O2. The number of piperidine rings is 1. The lowest BCUT2D eigenvalue weighted by Gasteiger charge is -2.35. The first-order valence-corrected chi connectivity index (χ1v) is 15.9. The van der Waals surface area contributed by atoms with Crippen molar-refractivity contribution in [1.82, 2.24) is 9.80 Å². The second-order valence-corrected chi connectivity index (χ2v) is 12.8. The second-order valence-electron chi connectivity index (χ2n) is 12.8. The highest BCUT2D eigenvalue weighted by atomic mass is 16.4. The molecule has 0 spiro atoms. The number of aryl methyl sites for hydroxylation is 1. The number of hydrogen-bond acceptors (Lipinski definition) is 5. The second kappa shape index (κ2) is 12.9. The van der Waals surface area contributed by atoms with E-state index in [0.29, 0.717) is 24.4 Å². The van der Waals surface area contributed by atoms with Gasteiger partial charge in [-0.1, -0.05) is 68.1 Å². The van der Waals surface area contributed by atoms with Crippen LogP contribution in [0.5, 0.6) is 0 Å². The van der Waals surface area contributed by atoms with Gasteiger partial charge < -0.3 is 10.0 Å². The van der Waals surface area contributed by atoms with Gasteiger partial charge in [0, 0.05) is 25.6 Å². The molecule has 4 aliphatic rings. The molecule has 0 radical (unpaired) electrons. The fourth-order valence-electron chi connectivity index (χ4n) is 8.14. The van der Waals surface area contributed by atoms with Gasteiger partial charge in [0.1, 0.15) is 12.7 Å². The molecule has 40 heavy (non-hydrogen) atoms. The number of nitrogens with zero attached hydrogens (tertiary/aromatic N) is 4. The van der Waals surface area contributed by atoms with E-state index in [1.807, 2.05) is 0 Å². The summed E-state index contributed by atoms with van der Waals surface area (Å²) < 4.78 is 0. The third-order valence-electron chi connectivity index (χ3n) is 10.3. The maximum Gasteiger partial charge on any atom is 0.321 e. The minimum atomic E-state index is -0.608. The van der Waals surface area contributed by atoms with Crippen molar-refractivity contribution in [3.05, 3.63) is 70.4 Å². The first kappa shape index (κ1) is 27.6. The van der Waals surface area contributed by atoms with Crippen molar-refractivity contribution in [2.75, 3.05) is 39.4 Å². The standard InChI is InChI=1S/C34H46N4O2/c39-34(40)33(28-12-5-2-6-13-28)38-22-29(30(23-38)26-10-3-1-4-11-26)21-37-19-17-25(18-20-37)9-7-14-27-15-8-16-31-32(27)36-24-35-31/h1,3-4,8,10-11,15-16,25,28-30,33H,2,5-7,9,12-14,17-24H2,(H,39,40)/t29-,30+,33+/m0/s1. The van der Waals surface area contributed by atoms with Gasteiger partial charge in [0.2, 0.25) is 0 Å². The van der Waals surface area contributed by atoms with Crippen molar-refractivity contribution < 1.29 is 9.90 Å². The highest BCUT2D eigenvalue weighted by Gasteiger charge is 2.43. The van der Waals surface area contributed by atoms with E-state index in [1.165, 1.54) is 69.2 Å². The van der Waals surface area contributed by atoms with Crippen LogP contribution in [-0.4, -0.2) is 66.3 Å². The van der Waals surface area contributed by atoms with Gasteiger partial charge in [-0.25, -0.2) is 0 Å². The Kier molecular flexibility index (Phi) is 8.93. The van der Waals surface area contributed by atoms with Crippen LogP contribution in [0.25, 0.3) is 0 Å². The molecule has 1 N–H and O–H groups in total. The molecular weight excluding hydrogens is 496 g/mol. The zero-order valence-corrected chi connectivity index (χ0v) is 24.0. The Morgan fingerprint density at radius 1 is 0.925 bits per heavy atom. The van der Waals surface area contributed by atoms with Crippen LogP contribution in [0.15, 0.2) is 58.5 Å². The molecule has 0 bridgehead atoms. The summed E-state index contributed by atoms with van der Waals surface area (Å²) in [5.41, 5.74) is 2.74. The van der Waals surface area contributed by atoms with Gasteiger partial charge in [0.05, 0.1) is 10.7 Å². The van der Waals surface area contributed by atoms with Crippen LogP contribution < -0.4 is 10.7 Å². The van der Waals surface area contributed by atoms with Crippen LogP contribution in [0.1, 0.15) is 74.8 Å². The molecule has 0 amide bonds. The van der Waals surface area contributed by atoms with Crippen molar-refractivity contribution in [3.8, 4) is 0 Å². The van der Waals surface area contributed by atoms with E-state index in [2.05, 4.69) is 68.3 Å². The average Bonchev–Trinajstić information content (AvgIpc) is 3.63. The third kappa shape index (κ3) is 6.33. The predicted molar refractivity (Wildman–Crippen MR) is 158 cm³/mol. The summed E-state index contributed by atoms with van der Waals surface area (Å²) in [5.74, 6) is 1.40. The van der Waals surface area contributed by atoms with Gasteiger partial charge in [-0.2, -0.15) is 0 Å². The van der Waals surface area contributed by atoms with Crippen molar-refractivity contribution in [2.45, 2.75) is 76.2 Å². The number of likely N-dealkylation sites (tertiary alicyclic amines) is 2. The molecule has 2 saturated heterocycles. The summed E-state index contributed by atoms with van der Waals surface area (Å²) in [6.07, 6.45) is 11.9. The van der Waals surface area contributed by atoms with E-state index in [-0.39, 0.29) is 6.04 Å². The Bertz CT molecular complexity index is 1250. The molecule has 214 valence electrons. The van der Waals surface area contributed by atoms with Gasteiger partial charge in [-0.15, -0.1) is 0 Å². The zero-order valence-electron chi connectivity index (χ0n) is 24.0. The molecule has 2 aromatic carbocycles. The fraction of sp³-hybridized carbons (Fsp3) is 0.618. The summed E-state index contributed by atoms with van der Waals surface area (Å²) in [5, 5.41) is 12.5. The van der Waals surface area contributed by atoms with E-state index in [9.17, 15) is 9.90 Å². The summed E-state index contributed by atoms with van der Waals surface area (Å²) in [6.45, 7) is 5.80. The molecule has 6 heteroatoms. The van der Waals surface area contributed by atoms with Gasteiger partial charge in [-0.3, -0.25) is 19.7 Å². The number of aliphatic carboxylic acids is 1. The number of benzene rings is 2. The number of hydrogen-bond donors (Lipinski definition) is 1. The first-order valence-electron chi connectivity index (χ1n) is 15.9. The Morgan fingerprint density at radius 2 is 1.73 bits per heavy atom. The fourth-order valence-corrected chi connectivity index (χ4v) is 8.14. The number of carboxylic acids is 1. The van der Waals surface area contributed by atoms with Crippen molar-refractivity contribution in [3.63, 3.8) is 0 Å². The Balaban J connectivity index is 1.04. The number of carboxylic acid groups (broad SMARTS) is 1. The third-order valence-corrected chi connectivity index (χ3v) is 10.3. The lowest BCUT2D eigenvalue weighted by molar-refractivity contribution is -0.145. The van der Waals surface area contributed by atoms with Crippen molar-refractivity contribution in [1.29, 1.82) is 0 Å². The molecule has 3 heterocycles. The summed E-state index contributed by atoms with van der Waals surface area (Å²) in [6, 6.07) is 17.0. The van der Waals surface area contributed by atoms with E-state index >= 15 is 0 Å². The van der Waals surface area contributed by atoms with Crippen LogP contribution in [0.2, 0.25) is 0 Å². The average molecular weight is 543 g/mol. The lowest BCUT2D eigenvalue weighted by atomic mass is 9.83. The van der Waals surface area contributed by atoms with Gasteiger partial charge in [0.25, 0.3) is 0 Å². The normalized spacial score (nSPS) is 25.3. The Labute approximate surface area is 239 Å². The van der Waals surface area contributed by atoms with E-state index in [1.54, 1.807) is 0 Å². The maximum absolute atomic E-state index is 12.5. The summed E-state index contributed by atoms with van der Waals surface area (Å²) in [7, 11) is 0. The topological polar surface area (TPSA) is 68.5 Å². The number of rotatable bonds is 10. The highest BCUT2D eigenvalue weighted by molar-refractivity contribution is 5.74. The van der Waals surface area contributed by atoms with E-state index < -0.39 is 5.97 Å². The summed E-state index contributed by atoms with van der Waals surface area (Å²) >= 11 is 0. The van der Waals surface area contributed by atoms with Crippen LogP contribution in [0, 0.1) is 17.8 Å². The zero-order chi connectivity index (χ0) is 27.3. The first-order chi connectivity index (χ1) is 19.7. The molecule has 0 aromatic heterocycles. The van der Waals surface area contributed by atoms with E-state index in [4.69, 9.17) is 0 Å². The van der Waals surface area contributed by atoms with Crippen molar-refractivity contribution in [2.24, 2.45) is 27.7 Å². The number of carbonyl (C=O) groups is 1. The molecule has 6 rings (SSSR count).